The van der Waals surface area contributed by atoms with Crippen LogP contribution in [0.3, 0.4) is 0 Å². The molecule has 5 rings (SSSR count). The van der Waals surface area contributed by atoms with Crippen LogP contribution in [-0.4, -0.2) is 26.1 Å². The highest BCUT2D eigenvalue weighted by Gasteiger charge is 2.42. The van der Waals surface area contributed by atoms with E-state index in [0.29, 0.717) is 28.5 Å². The highest BCUT2D eigenvalue weighted by atomic mass is 79.9. The Morgan fingerprint density at radius 2 is 1.84 bits per heavy atom. The number of amides is 1. The molecule has 1 unspecified atom stereocenters. The maximum absolute atomic E-state index is 13.5. The summed E-state index contributed by atoms with van der Waals surface area (Å²) in [5.41, 5.74) is 4.95. The van der Waals surface area contributed by atoms with Crippen LogP contribution in [0.15, 0.2) is 71.2 Å². The van der Waals surface area contributed by atoms with Gasteiger partial charge in [-0.3, -0.25) is 9.89 Å². The number of aromatic hydroxyl groups is 1. The van der Waals surface area contributed by atoms with Crippen molar-refractivity contribution in [3.05, 3.63) is 104 Å². The zero-order valence-corrected chi connectivity index (χ0v) is 19.5. The number of nitrogens with one attached hydrogen (secondary N) is 1. The minimum absolute atomic E-state index is 0.0738. The van der Waals surface area contributed by atoms with Gasteiger partial charge in [0.15, 0.2) is 0 Å². The topological polar surface area (TPSA) is 69.2 Å². The Hall–Kier alpha value is -3.09. The summed E-state index contributed by atoms with van der Waals surface area (Å²) in [5.74, 6) is -0.0575. The first-order chi connectivity index (χ1) is 15.4. The zero-order valence-electron chi connectivity index (χ0n) is 17.1. The number of carbonyl (C=O) groups is 1. The van der Waals surface area contributed by atoms with Crippen molar-refractivity contribution in [1.29, 1.82) is 0 Å². The average molecular weight is 509 g/mol. The number of benzene rings is 3. The standard InChI is InChI=1S/C25H19BrClN3O2/c1-14-11-20(31)18(12-19(14)27)22-21-23(29-28-22)25(32)30(13-15-5-3-2-4-6-15)24(21)16-7-9-17(26)10-8-16/h2-12,24,31H,13H2,1H3,(H,28,29). The molecule has 1 amide bonds. The predicted octanol–water partition coefficient (Wildman–Crippen LogP) is 6.25. The van der Waals surface area contributed by atoms with Gasteiger partial charge in [0.05, 0.1) is 6.04 Å². The smallest absolute Gasteiger partial charge is 0.273 e. The molecule has 1 atom stereocenters. The fraction of sp³-hybridized carbons (Fsp3) is 0.120. The number of phenols is 1. The minimum atomic E-state index is -0.362. The first-order valence-electron chi connectivity index (χ1n) is 10.1. The van der Waals surface area contributed by atoms with Crippen molar-refractivity contribution in [2.75, 3.05) is 0 Å². The van der Waals surface area contributed by atoms with Gasteiger partial charge in [0.25, 0.3) is 5.91 Å². The first kappa shape index (κ1) is 20.8. The van der Waals surface area contributed by atoms with Crippen LogP contribution in [0, 0.1) is 6.92 Å². The molecule has 1 aromatic heterocycles. The normalized spacial score (nSPS) is 15.3. The van der Waals surface area contributed by atoms with E-state index in [1.54, 1.807) is 12.1 Å². The van der Waals surface area contributed by atoms with Crippen LogP contribution < -0.4 is 0 Å². The summed E-state index contributed by atoms with van der Waals surface area (Å²) < 4.78 is 0.954. The van der Waals surface area contributed by atoms with Gasteiger partial charge >= 0.3 is 0 Å². The molecule has 2 heterocycles. The van der Waals surface area contributed by atoms with E-state index in [0.717, 1.165) is 26.7 Å². The van der Waals surface area contributed by atoms with Gasteiger partial charge in [-0.05, 0) is 47.9 Å². The van der Waals surface area contributed by atoms with E-state index in [1.165, 1.54) is 0 Å². The van der Waals surface area contributed by atoms with E-state index >= 15 is 0 Å². The van der Waals surface area contributed by atoms with Crippen LogP contribution >= 0.6 is 27.5 Å². The van der Waals surface area contributed by atoms with Crippen LogP contribution in [0.5, 0.6) is 5.75 Å². The summed E-state index contributed by atoms with van der Waals surface area (Å²) in [6.07, 6.45) is 0. The molecule has 4 aromatic rings. The highest BCUT2D eigenvalue weighted by Crippen LogP contribution is 2.46. The molecule has 5 nitrogen and oxygen atoms in total. The number of fused-ring (bicyclic) bond motifs is 1. The molecule has 160 valence electrons. The Labute approximate surface area is 198 Å². The van der Waals surface area contributed by atoms with Crippen molar-refractivity contribution in [3.63, 3.8) is 0 Å². The monoisotopic (exact) mass is 507 g/mol. The summed E-state index contributed by atoms with van der Waals surface area (Å²) in [4.78, 5) is 15.3. The second-order valence-electron chi connectivity index (χ2n) is 7.85. The number of nitrogens with zero attached hydrogens (tertiary/aromatic N) is 2. The molecule has 3 aromatic carbocycles. The number of halogens is 2. The van der Waals surface area contributed by atoms with Gasteiger partial charge in [0.2, 0.25) is 0 Å². The molecule has 7 heteroatoms. The molecule has 0 saturated heterocycles. The zero-order chi connectivity index (χ0) is 22.4. The van der Waals surface area contributed by atoms with E-state index < -0.39 is 0 Å². The fourth-order valence-corrected chi connectivity index (χ4v) is 4.62. The summed E-state index contributed by atoms with van der Waals surface area (Å²) in [5, 5.41) is 18.5. The number of aryl methyl sites for hydroxylation is 1. The molecule has 0 saturated carbocycles. The second-order valence-corrected chi connectivity index (χ2v) is 9.18. The third-order valence-corrected chi connectivity index (χ3v) is 6.71. The first-order valence-corrected chi connectivity index (χ1v) is 11.3. The van der Waals surface area contributed by atoms with Crippen LogP contribution in [0.1, 0.15) is 38.8 Å². The van der Waals surface area contributed by atoms with E-state index in [4.69, 9.17) is 11.6 Å². The fourth-order valence-electron chi connectivity index (χ4n) is 4.19. The number of phenolic OH excluding ortho intramolecular Hbond substituents is 1. The average Bonchev–Trinajstić information content (AvgIpc) is 3.32. The molecule has 0 radical (unpaired) electrons. The quantitative estimate of drug-likeness (QED) is 0.342. The van der Waals surface area contributed by atoms with E-state index in [1.807, 2.05) is 66.4 Å². The Morgan fingerprint density at radius 3 is 2.56 bits per heavy atom. The number of rotatable bonds is 4. The minimum Gasteiger partial charge on any atom is -0.507 e. The number of H-pyrrole nitrogens is 1. The Balaban J connectivity index is 1.68. The van der Waals surface area contributed by atoms with Crippen molar-refractivity contribution in [1.82, 2.24) is 15.1 Å². The molecule has 2 N–H and O–H groups in total. The molecular formula is C25H19BrClN3O2. The van der Waals surface area contributed by atoms with Crippen LogP contribution in [0.2, 0.25) is 5.02 Å². The third kappa shape index (κ3) is 3.49. The lowest BCUT2D eigenvalue weighted by atomic mass is 9.95. The van der Waals surface area contributed by atoms with Gasteiger partial charge < -0.3 is 10.0 Å². The molecule has 0 spiro atoms. The molecule has 1 aliphatic heterocycles. The highest BCUT2D eigenvalue weighted by molar-refractivity contribution is 9.10. The summed E-state index contributed by atoms with van der Waals surface area (Å²) in [6, 6.07) is 20.7. The molecule has 0 fully saturated rings. The third-order valence-electron chi connectivity index (χ3n) is 5.78. The molecular weight excluding hydrogens is 490 g/mol. The van der Waals surface area contributed by atoms with Crippen molar-refractivity contribution < 1.29 is 9.90 Å². The lowest BCUT2D eigenvalue weighted by Crippen LogP contribution is -2.29. The van der Waals surface area contributed by atoms with Crippen LogP contribution in [0.4, 0.5) is 0 Å². The number of hydrogen-bond donors (Lipinski definition) is 2. The lowest BCUT2D eigenvalue weighted by molar-refractivity contribution is 0.0730. The van der Waals surface area contributed by atoms with Crippen molar-refractivity contribution in [2.24, 2.45) is 0 Å². The predicted molar refractivity (Wildman–Crippen MR) is 128 cm³/mol. The maximum Gasteiger partial charge on any atom is 0.273 e. The molecule has 1 aliphatic rings. The van der Waals surface area contributed by atoms with Crippen molar-refractivity contribution >= 4 is 33.4 Å². The number of aromatic nitrogens is 2. The van der Waals surface area contributed by atoms with Gasteiger partial charge in [0.1, 0.15) is 17.1 Å². The molecule has 0 aliphatic carbocycles. The SMILES string of the molecule is Cc1cc(O)c(-c2n[nH]c3c2C(c2ccc(Br)cc2)N(Cc2ccccc2)C3=O)cc1Cl. The Kier molecular flexibility index (Phi) is 5.27. The Morgan fingerprint density at radius 1 is 1.12 bits per heavy atom. The lowest BCUT2D eigenvalue weighted by Gasteiger charge is -2.26. The summed E-state index contributed by atoms with van der Waals surface area (Å²) in [6.45, 7) is 2.28. The van der Waals surface area contributed by atoms with Gasteiger partial charge in [-0.1, -0.05) is 70.0 Å². The van der Waals surface area contributed by atoms with Crippen molar-refractivity contribution in [2.45, 2.75) is 19.5 Å². The maximum atomic E-state index is 13.5. The number of hydrogen-bond acceptors (Lipinski definition) is 3. The van der Waals surface area contributed by atoms with Gasteiger partial charge in [-0.2, -0.15) is 5.10 Å². The second kappa shape index (κ2) is 8.11. The molecule has 0 bridgehead atoms. The Bertz CT molecular complexity index is 1320. The van der Waals surface area contributed by atoms with Gasteiger partial charge in [-0.25, -0.2) is 0 Å². The van der Waals surface area contributed by atoms with Gasteiger partial charge in [0, 0.05) is 27.2 Å². The van der Waals surface area contributed by atoms with Crippen molar-refractivity contribution in [3.8, 4) is 17.0 Å². The molecule has 32 heavy (non-hydrogen) atoms. The van der Waals surface area contributed by atoms with Gasteiger partial charge in [-0.15, -0.1) is 0 Å². The van der Waals surface area contributed by atoms with Crippen LogP contribution in [0.25, 0.3) is 11.3 Å². The summed E-state index contributed by atoms with van der Waals surface area (Å²) in [7, 11) is 0. The number of aromatic amines is 1. The van der Waals surface area contributed by atoms with E-state index in [9.17, 15) is 9.90 Å². The van der Waals surface area contributed by atoms with E-state index in [-0.39, 0.29) is 17.7 Å². The largest absolute Gasteiger partial charge is 0.507 e. The summed E-state index contributed by atoms with van der Waals surface area (Å²) >= 11 is 9.85. The van der Waals surface area contributed by atoms with Crippen LogP contribution in [-0.2, 0) is 6.54 Å². The van der Waals surface area contributed by atoms with E-state index in [2.05, 4.69) is 26.1 Å². The number of carbonyl (C=O) groups excluding carboxylic acids is 1.